The number of urea groups is 1. The molecular weight excluding hydrogens is 342 g/mol. The van der Waals surface area contributed by atoms with Gasteiger partial charge in [-0.1, -0.05) is 24.3 Å². The third-order valence-corrected chi connectivity index (χ3v) is 6.72. The molecule has 1 unspecified atom stereocenters. The zero-order chi connectivity index (χ0) is 18.1. The van der Waals surface area contributed by atoms with Gasteiger partial charge in [0.2, 0.25) is 0 Å². The van der Waals surface area contributed by atoms with Crippen molar-refractivity contribution in [3.05, 3.63) is 51.7 Å². The molecule has 2 amide bonds. The smallest absolute Gasteiger partial charge is 0.319 e. The van der Waals surface area contributed by atoms with Gasteiger partial charge in [-0.3, -0.25) is 4.90 Å². The van der Waals surface area contributed by atoms with Gasteiger partial charge < -0.3 is 10.6 Å². The van der Waals surface area contributed by atoms with E-state index >= 15 is 0 Å². The Balaban J connectivity index is 1.35. The Morgan fingerprint density at radius 2 is 1.81 bits per heavy atom. The summed E-state index contributed by atoms with van der Waals surface area (Å²) in [5.74, 6) is 0. The normalized spacial score (nSPS) is 25.2. The van der Waals surface area contributed by atoms with E-state index in [-0.39, 0.29) is 12.1 Å². The maximum atomic E-state index is 12.5. The first-order valence-electron chi connectivity index (χ1n) is 9.52. The van der Waals surface area contributed by atoms with Gasteiger partial charge in [-0.2, -0.15) is 0 Å². The standard InChI is InChI=1S/C21H27N3OS/c1-14-5-3-6-15(2)20(14)23-21(25)22-16-11-17-8-9-18(12-16)24(17)13-19-7-4-10-26-19/h3-7,10,16-18H,8-9,11-13H2,1-2H3,(H2,22,23,25)/t16?,17-,18+. The highest BCUT2D eigenvalue weighted by atomic mass is 32.1. The maximum absolute atomic E-state index is 12.5. The van der Waals surface area contributed by atoms with E-state index in [1.807, 2.05) is 43.4 Å². The molecule has 2 aliphatic rings. The Kier molecular flexibility index (Phi) is 5.00. The average molecular weight is 370 g/mol. The van der Waals surface area contributed by atoms with Gasteiger partial charge in [-0.25, -0.2) is 4.79 Å². The first-order valence-corrected chi connectivity index (χ1v) is 10.4. The zero-order valence-corrected chi connectivity index (χ0v) is 16.3. The largest absolute Gasteiger partial charge is 0.335 e. The van der Waals surface area contributed by atoms with E-state index in [9.17, 15) is 4.79 Å². The van der Waals surface area contributed by atoms with Crippen LogP contribution >= 0.6 is 11.3 Å². The molecule has 0 spiro atoms. The van der Waals surface area contributed by atoms with Gasteiger partial charge in [-0.05, 0) is 62.1 Å². The summed E-state index contributed by atoms with van der Waals surface area (Å²) in [5.41, 5.74) is 3.14. The van der Waals surface area contributed by atoms with Gasteiger partial charge in [0.05, 0.1) is 0 Å². The van der Waals surface area contributed by atoms with Crippen LogP contribution in [0.4, 0.5) is 10.5 Å². The van der Waals surface area contributed by atoms with Crippen molar-refractivity contribution in [3.8, 4) is 0 Å². The van der Waals surface area contributed by atoms with Gasteiger partial charge >= 0.3 is 6.03 Å². The molecule has 3 heterocycles. The van der Waals surface area contributed by atoms with Crippen molar-refractivity contribution < 1.29 is 4.79 Å². The fourth-order valence-electron chi connectivity index (χ4n) is 4.58. The van der Waals surface area contributed by atoms with E-state index in [0.29, 0.717) is 12.1 Å². The summed E-state index contributed by atoms with van der Waals surface area (Å²) < 4.78 is 0. The molecule has 0 aliphatic carbocycles. The van der Waals surface area contributed by atoms with E-state index in [1.165, 1.54) is 17.7 Å². The molecule has 2 bridgehead atoms. The summed E-state index contributed by atoms with van der Waals surface area (Å²) in [6.45, 7) is 5.13. The molecule has 5 heteroatoms. The van der Waals surface area contributed by atoms with Gasteiger partial charge in [0, 0.05) is 35.2 Å². The maximum Gasteiger partial charge on any atom is 0.319 e. The first-order chi connectivity index (χ1) is 12.6. The van der Waals surface area contributed by atoms with Crippen LogP contribution in [0.3, 0.4) is 0 Å². The zero-order valence-electron chi connectivity index (χ0n) is 15.5. The number of hydrogen-bond donors (Lipinski definition) is 2. The second-order valence-corrected chi connectivity index (χ2v) is 8.70. The van der Waals surface area contributed by atoms with Gasteiger partial charge in [0.25, 0.3) is 0 Å². The van der Waals surface area contributed by atoms with Crippen LogP contribution in [0.2, 0.25) is 0 Å². The second-order valence-electron chi connectivity index (χ2n) is 7.67. The van der Waals surface area contributed by atoms with Crippen molar-refractivity contribution in [2.45, 2.75) is 64.2 Å². The second kappa shape index (κ2) is 7.41. The Labute approximate surface area is 159 Å². The van der Waals surface area contributed by atoms with Crippen LogP contribution in [0, 0.1) is 13.8 Å². The number of carbonyl (C=O) groups is 1. The molecule has 2 N–H and O–H groups in total. The summed E-state index contributed by atoms with van der Waals surface area (Å²) >= 11 is 1.84. The average Bonchev–Trinajstić information content (AvgIpc) is 3.18. The van der Waals surface area contributed by atoms with Crippen LogP contribution in [-0.2, 0) is 6.54 Å². The Morgan fingerprint density at radius 3 is 2.42 bits per heavy atom. The van der Waals surface area contributed by atoms with Crippen molar-refractivity contribution in [2.24, 2.45) is 0 Å². The molecule has 4 nitrogen and oxygen atoms in total. The van der Waals surface area contributed by atoms with Crippen LogP contribution < -0.4 is 10.6 Å². The molecule has 0 radical (unpaired) electrons. The summed E-state index contributed by atoms with van der Waals surface area (Å²) in [5, 5.41) is 8.45. The van der Waals surface area contributed by atoms with E-state index < -0.39 is 0 Å². The molecule has 26 heavy (non-hydrogen) atoms. The molecule has 0 saturated carbocycles. The highest BCUT2D eigenvalue weighted by molar-refractivity contribution is 7.09. The fraction of sp³-hybridized carbons (Fsp3) is 0.476. The first kappa shape index (κ1) is 17.6. The molecule has 2 fully saturated rings. The van der Waals surface area contributed by atoms with Crippen LogP contribution in [-0.4, -0.2) is 29.1 Å². The minimum Gasteiger partial charge on any atom is -0.335 e. The molecule has 138 valence electrons. The predicted molar refractivity (Wildman–Crippen MR) is 108 cm³/mol. The molecule has 3 atom stereocenters. The lowest BCUT2D eigenvalue weighted by Crippen LogP contribution is -2.50. The van der Waals surface area contributed by atoms with Crippen LogP contribution in [0.5, 0.6) is 0 Å². The number of anilines is 1. The summed E-state index contributed by atoms with van der Waals surface area (Å²) in [6, 6.07) is 11.9. The lowest BCUT2D eigenvalue weighted by molar-refractivity contribution is 0.113. The number of nitrogens with zero attached hydrogens (tertiary/aromatic N) is 1. The quantitative estimate of drug-likeness (QED) is 0.822. The van der Waals surface area contributed by atoms with Crippen molar-refractivity contribution >= 4 is 23.1 Å². The molecule has 4 rings (SSSR count). The molecule has 2 saturated heterocycles. The number of amides is 2. The lowest BCUT2D eigenvalue weighted by atomic mass is 9.97. The number of thiophene rings is 1. The van der Waals surface area contributed by atoms with E-state index in [0.717, 1.165) is 36.2 Å². The molecular formula is C21H27N3OS. The molecule has 2 aromatic rings. The van der Waals surface area contributed by atoms with Crippen LogP contribution in [0.15, 0.2) is 35.7 Å². The minimum absolute atomic E-state index is 0.0708. The van der Waals surface area contributed by atoms with Gasteiger partial charge in [0.1, 0.15) is 0 Å². The van der Waals surface area contributed by atoms with Gasteiger partial charge in [-0.15, -0.1) is 11.3 Å². The number of carbonyl (C=O) groups excluding carboxylic acids is 1. The topological polar surface area (TPSA) is 44.4 Å². The fourth-order valence-corrected chi connectivity index (χ4v) is 5.29. The Hall–Kier alpha value is -1.85. The number of rotatable bonds is 4. The lowest BCUT2D eigenvalue weighted by Gasteiger charge is -2.39. The van der Waals surface area contributed by atoms with E-state index in [1.54, 1.807) is 0 Å². The summed E-state index contributed by atoms with van der Waals surface area (Å²) in [4.78, 5) is 16.6. The summed E-state index contributed by atoms with van der Waals surface area (Å²) in [7, 11) is 0. The SMILES string of the molecule is Cc1cccc(C)c1NC(=O)NC1C[C@H]2CC[C@@H](C1)N2Cc1cccs1. The van der Waals surface area contributed by atoms with Crippen molar-refractivity contribution in [1.82, 2.24) is 10.2 Å². The summed E-state index contributed by atoms with van der Waals surface area (Å²) in [6.07, 6.45) is 4.63. The molecule has 1 aromatic carbocycles. The van der Waals surface area contributed by atoms with Crippen molar-refractivity contribution in [2.75, 3.05) is 5.32 Å². The van der Waals surface area contributed by atoms with E-state index in [2.05, 4.69) is 33.0 Å². The number of piperidine rings is 1. The number of aryl methyl sites for hydroxylation is 2. The van der Waals surface area contributed by atoms with Crippen molar-refractivity contribution in [3.63, 3.8) is 0 Å². The predicted octanol–water partition coefficient (Wildman–Crippen LogP) is 4.68. The third kappa shape index (κ3) is 3.64. The number of fused-ring (bicyclic) bond motifs is 2. The van der Waals surface area contributed by atoms with Crippen LogP contribution in [0.25, 0.3) is 0 Å². The molecule has 2 aliphatic heterocycles. The number of para-hydroxylation sites is 1. The molecule has 1 aromatic heterocycles. The number of hydrogen-bond acceptors (Lipinski definition) is 3. The van der Waals surface area contributed by atoms with Gasteiger partial charge in [0.15, 0.2) is 0 Å². The Morgan fingerprint density at radius 1 is 1.12 bits per heavy atom. The number of benzene rings is 1. The highest BCUT2D eigenvalue weighted by Crippen LogP contribution is 2.37. The van der Waals surface area contributed by atoms with Crippen LogP contribution in [0.1, 0.15) is 41.7 Å². The Bertz CT molecular complexity index is 739. The monoisotopic (exact) mass is 369 g/mol. The highest BCUT2D eigenvalue weighted by Gasteiger charge is 2.41. The van der Waals surface area contributed by atoms with Crippen molar-refractivity contribution in [1.29, 1.82) is 0 Å². The van der Waals surface area contributed by atoms with E-state index in [4.69, 9.17) is 0 Å². The minimum atomic E-state index is -0.0708. The number of nitrogens with one attached hydrogen (secondary N) is 2. The third-order valence-electron chi connectivity index (χ3n) is 5.86.